The monoisotopic (exact) mass is 527 g/mol. The molecule has 3 rings (SSSR count). The normalized spacial score (nSPS) is 12.1. The second-order valence-electron chi connectivity index (χ2n) is 9.23. The number of amides is 1. The number of hydrogen-bond donors (Lipinski definition) is 1. The molecule has 0 aliphatic carbocycles. The van der Waals surface area contributed by atoms with Gasteiger partial charge in [0.05, 0.1) is 17.2 Å². The van der Waals surface area contributed by atoms with Crippen molar-refractivity contribution >= 4 is 29.2 Å². The highest BCUT2D eigenvalue weighted by molar-refractivity contribution is 6.31. The number of carbonyl (C=O) groups excluding carboxylic acids is 2. The number of esters is 1. The van der Waals surface area contributed by atoms with E-state index in [9.17, 15) is 28.4 Å². The summed E-state index contributed by atoms with van der Waals surface area (Å²) in [5, 5.41) is 12.2. The predicted octanol–water partition coefficient (Wildman–Crippen LogP) is 6.13. The highest BCUT2D eigenvalue weighted by Gasteiger charge is 2.24. The maximum atomic E-state index is 14.0. The van der Waals surface area contributed by atoms with Crippen LogP contribution in [0.1, 0.15) is 61.6 Å². The number of nitrogens with zero attached hydrogens (tertiary/aromatic N) is 2. The van der Waals surface area contributed by atoms with Crippen LogP contribution in [0.25, 0.3) is 11.1 Å². The Balaban J connectivity index is 1.89. The molecule has 0 aliphatic rings. The van der Waals surface area contributed by atoms with Crippen molar-refractivity contribution in [2.75, 3.05) is 5.32 Å². The van der Waals surface area contributed by atoms with Gasteiger partial charge in [0, 0.05) is 34.1 Å². The summed E-state index contributed by atoms with van der Waals surface area (Å²) in [6, 6.07) is 11.8. The molecule has 1 heterocycles. The van der Waals surface area contributed by atoms with Crippen LogP contribution in [0.5, 0.6) is 0 Å². The lowest BCUT2D eigenvalue weighted by molar-refractivity contribution is -0.118. The SMILES string of the molecule is CC(C(=O)Nc1ccc(C(=O)OC(C)(C)C)cc1)n1cc(C(F)F)c(-c2cc(Cl)ccc2C#N)cc1=O. The second kappa shape index (κ2) is 10.9. The van der Waals surface area contributed by atoms with Crippen LogP contribution < -0.4 is 10.9 Å². The first-order chi connectivity index (χ1) is 17.3. The van der Waals surface area contributed by atoms with Gasteiger partial charge in [-0.25, -0.2) is 13.6 Å². The molecule has 0 bridgehead atoms. The number of rotatable bonds is 6. The largest absolute Gasteiger partial charge is 0.456 e. The lowest BCUT2D eigenvalue weighted by Gasteiger charge is -2.20. The van der Waals surface area contributed by atoms with Crippen molar-refractivity contribution in [3.8, 4) is 17.2 Å². The highest BCUT2D eigenvalue weighted by Crippen LogP contribution is 2.34. The predicted molar refractivity (Wildman–Crippen MR) is 136 cm³/mol. The third kappa shape index (κ3) is 6.60. The number of benzene rings is 2. The fraction of sp³-hybridized carbons (Fsp3) is 0.259. The van der Waals surface area contributed by atoms with E-state index in [4.69, 9.17) is 16.3 Å². The van der Waals surface area contributed by atoms with Gasteiger partial charge in [0.25, 0.3) is 12.0 Å². The van der Waals surface area contributed by atoms with Crippen LogP contribution in [0.15, 0.2) is 59.5 Å². The molecular weight excluding hydrogens is 504 g/mol. The van der Waals surface area contributed by atoms with E-state index in [-0.39, 0.29) is 27.3 Å². The number of hydrogen-bond acceptors (Lipinski definition) is 5. The van der Waals surface area contributed by atoms with Crippen molar-refractivity contribution in [2.24, 2.45) is 0 Å². The zero-order chi connectivity index (χ0) is 27.5. The average molecular weight is 528 g/mol. The van der Waals surface area contributed by atoms with Gasteiger partial charge in [-0.2, -0.15) is 5.26 Å². The lowest BCUT2D eigenvalue weighted by atomic mass is 9.97. The Bertz CT molecular complexity index is 1440. The van der Waals surface area contributed by atoms with E-state index in [1.165, 1.54) is 49.4 Å². The lowest BCUT2D eigenvalue weighted by Crippen LogP contribution is -2.31. The standard InChI is InChI=1S/C27H24ClF2N3O4/c1-15(25(35)32-19-9-6-16(7-10-19)26(36)37-27(2,3)4)33-14-22(24(29)30)21(12-23(33)34)20-11-18(28)8-5-17(20)13-31/h5-12,14-15,24H,1-4H3,(H,32,35). The summed E-state index contributed by atoms with van der Waals surface area (Å²) in [7, 11) is 0. The molecule has 0 saturated heterocycles. The molecule has 7 nitrogen and oxygen atoms in total. The molecule has 37 heavy (non-hydrogen) atoms. The van der Waals surface area contributed by atoms with Gasteiger partial charge in [-0.15, -0.1) is 0 Å². The van der Waals surface area contributed by atoms with Gasteiger partial charge < -0.3 is 14.6 Å². The van der Waals surface area contributed by atoms with Crippen LogP contribution in [-0.2, 0) is 9.53 Å². The van der Waals surface area contributed by atoms with Gasteiger partial charge in [0.1, 0.15) is 11.6 Å². The minimum Gasteiger partial charge on any atom is -0.456 e. The van der Waals surface area contributed by atoms with E-state index in [2.05, 4.69) is 5.32 Å². The number of ether oxygens (including phenoxy) is 1. The Hall–Kier alpha value is -4.03. The zero-order valence-electron chi connectivity index (χ0n) is 20.5. The minimum absolute atomic E-state index is 0.0732. The maximum absolute atomic E-state index is 14.0. The first kappa shape index (κ1) is 27.6. The number of anilines is 1. The first-order valence-electron chi connectivity index (χ1n) is 11.2. The summed E-state index contributed by atoms with van der Waals surface area (Å²) in [4.78, 5) is 37.9. The Kier molecular flexibility index (Phi) is 8.14. The Morgan fingerprint density at radius 3 is 2.30 bits per heavy atom. The van der Waals surface area contributed by atoms with Gasteiger partial charge in [-0.1, -0.05) is 11.6 Å². The van der Waals surface area contributed by atoms with Crippen molar-refractivity contribution in [2.45, 2.75) is 45.8 Å². The van der Waals surface area contributed by atoms with Crippen molar-refractivity contribution in [1.29, 1.82) is 5.26 Å². The van der Waals surface area contributed by atoms with E-state index in [0.29, 0.717) is 5.69 Å². The molecule has 0 radical (unpaired) electrons. The summed E-state index contributed by atoms with van der Waals surface area (Å²) in [5.74, 6) is -1.16. The number of halogens is 3. The van der Waals surface area contributed by atoms with Gasteiger partial charge in [-0.05, 0) is 75.7 Å². The van der Waals surface area contributed by atoms with E-state index >= 15 is 0 Å². The quantitative estimate of drug-likeness (QED) is 0.388. The van der Waals surface area contributed by atoms with Gasteiger partial charge in [-0.3, -0.25) is 9.59 Å². The van der Waals surface area contributed by atoms with Gasteiger partial charge in [0.15, 0.2) is 0 Å². The van der Waals surface area contributed by atoms with E-state index in [0.717, 1.165) is 16.8 Å². The summed E-state index contributed by atoms with van der Waals surface area (Å²) >= 11 is 5.99. The van der Waals surface area contributed by atoms with Crippen molar-refractivity contribution in [3.05, 3.63) is 86.8 Å². The minimum atomic E-state index is -3.00. The van der Waals surface area contributed by atoms with E-state index in [1.54, 1.807) is 20.8 Å². The maximum Gasteiger partial charge on any atom is 0.338 e. The molecule has 1 unspecified atom stereocenters. The van der Waals surface area contributed by atoms with Crippen molar-refractivity contribution < 1.29 is 23.1 Å². The number of pyridine rings is 1. The van der Waals surface area contributed by atoms with Crippen LogP contribution >= 0.6 is 11.6 Å². The van der Waals surface area contributed by atoms with Crippen LogP contribution in [0, 0.1) is 11.3 Å². The molecule has 1 N–H and O–H groups in total. The van der Waals surface area contributed by atoms with E-state index < -0.39 is 41.1 Å². The summed E-state index contributed by atoms with van der Waals surface area (Å²) in [6.07, 6.45) is -2.08. The number of aromatic nitrogens is 1. The molecule has 10 heteroatoms. The third-order valence-electron chi connectivity index (χ3n) is 5.32. The first-order valence-corrected chi connectivity index (χ1v) is 11.6. The molecule has 192 valence electrons. The molecule has 1 atom stereocenters. The van der Waals surface area contributed by atoms with Crippen LogP contribution in [-0.4, -0.2) is 22.0 Å². The molecule has 0 spiro atoms. The summed E-state index contributed by atoms with van der Waals surface area (Å²) in [6.45, 7) is 6.62. The molecule has 0 saturated carbocycles. The highest BCUT2D eigenvalue weighted by atomic mass is 35.5. The summed E-state index contributed by atoms with van der Waals surface area (Å²) in [5.41, 5.74) is -1.26. The molecular formula is C27H24ClF2N3O4. The molecule has 2 aromatic carbocycles. The fourth-order valence-electron chi connectivity index (χ4n) is 3.51. The topological polar surface area (TPSA) is 101 Å². The smallest absolute Gasteiger partial charge is 0.338 e. The van der Waals surface area contributed by atoms with E-state index in [1.807, 2.05) is 6.07 Å². The molecule has 0 fully saturated rings. The fourth-order valence-corrected chi connectivity index (χ4v) is 3.68. The van der Waals surface area contributed by atoms with Crippen LogP contribution in [0.2, 0.25) is 5.02 Å². The number of nitriles is 1. The molecule has 1 amide bonds. The van der Waals surface area contributed by atoms with Crippen LogP contribution in [0.4, 0.5) is 14.5 Å². The number of carbonyl (C=O) groups is 2. The number of nitrogens with one attached hydrogen (secondary N) is 1. The summed E-state index contributed by atoms with van der Waals surface area (Å²) < 4.78 is 34.2. The van der Waals surface area contributed by atoms with Crippen molar-refractivity contribution in [3.63, 3.8) is 0 Å². The Morgan fingerprint density at radius 1 is 1.08 bits per heavy atom. The van der Waals surface area contributed by atoms with Gasteiger partial charge >= 0.3 is 5.97 Å². The molecule has 1 aromatic heterocycles. The Morgan fingerprint density at radius 2 is 1.73 bits per heavy atom. The second-order valence-corrected chi connectivity index (χ2v) is 9.67. The molecule has 0 aliphatic heterocycles. The number of alkyl halides is 2. The third-order valence-corrected chi connectivity index (χ3v) is 5.56. The Labute approximate surface area is 217 Å². The average Bonchev–Trinajstić information content (AvgIpc) is 2.82. The van der Waals surface area contributed by atoms with Crippen LogP contribution in [0.3, 0.4) is 0 Å². The molecule has 3 aromatic rings. The zero-order valence-corrected chi connectivity index (χ0v) is 21.3. The van der Waals surface area contributed by atoms with Gasteiger partial charge in [0.2, 0.25) is 5.91 Å². The van der Waals surface area contributed by atoms with Crippen molar-refractivity contribution in [1.82, 2.24) is 4.57 Å².